The highest BCUT2D eigenvalue weighted by Gasteiger charge is 2.09. The zero-order valence-corrected chi connectivity index (χ0v) is 16.0. The van der Waals surface area contributed by atoms with Crippen LogP contribution >= 0.6 is 11.3 Å². The summed E-state index contributed by atoms with van der Waals surface area (Å²) in [6, 6.07) is 14.2. The second kappa shape index (κ2) is 8.15. The molecule has 1 N–H and O–H groups in total. The van der Waals surface area contributed by atoms with Crippen molar-refractivity contribution in [1.82, 2.24) is 4.98 Å². The van der Waals surface area contributed by atoms with E-state index in [0.29, 0.717) is 0 Å². The Labute approximate surface area is 157 Å². The molecule has 0 saturated heterocycles. The fourth-order valence-electron chi connectivity index (χ4n) is 2.48. The molecule has 0 aliphatic heterocycles. The van der Waals surface area contributed by atoms with Crippen LogP contribution in [0.3, 0.4) is 0 Å². The average Bonchev–Trinajstić information content (AvgIpc) is 3.06. The molecule has 0 aliphatic rings. The van der Waals surface area contributed by atoms with Crippen molar-refractivity contribution < 1.29 is 9.53 Å². The normalized spacial score (nSPS) is 10.6. The molecule has 0 fully saturated rings. The number of ether oxygens (including phenoxy) is 1. The number of benzene rings is 2. The quantitative estimate of drug-likeness (QED) is 0.617. The van der Waals surface area contributed by atoms with Gasteiger partial charge in [-0.25, -0.2) is 4.98 Å². The summed E-state index contributed by atoms with van der Waals surface area (Å²) in [5.74, 6) is -0.241. The summed E-state index contributed by atoms with van der Waals surface area (Å²) in [5.41, 5.74) is 6.32. The van der Waals surface area contributed by atoms with Gasteiger partial charge in [0.1, 0.15) is 6.61 Å². The van der Waals surface area contributed by atoms with Crippen LogP contribution in [-0.4, -0.2) is 11.0 Å². The molecule has 1 heterocycles. The van der Waals surface area contributed by atoms with Crippen LogP contribution in [0.1, 0.15) is 27.9 Å². The van der Waals surface area contributed by atoms with Crippen molar-refractivity contribution in [2.24, 2.45) is 0 Å². The first-order valence-electron chi connectivity index (χ1n) is 8.49. The van der Waals surface area contributed by atoms with Crippen molar-refractivity contribution in [3.05, 3.63) is 75.8 Å². The van der Waals surface area contributed by atoms with Gasteiger partial charge in [-0.15, -0.1) is 11.3 Å². The number of hydrogen-bond acceptors (Lipinski definition) is 5. The minimum atomic E-state index is -0.241. The van der Waals surface area contributed by atoms with E-state index in [2.05, 4.69) is 24.1 Å². The maximum atomic E-state index is 12.0. The van der Waals surface area contributed by atoms with Crippen LogP contribution < -0.4 is 5.32 Å². The van der Waals surface area contributed by atoms with E-state index in [1.165, 1.54) is 28.0 Å². The van der Waals surface area contributed by atoms with Crippen molar-refractivity contribution in [1.29, 1.82) is 0 Å². The fourth-order valence-corrected chi connectivity index (χ4v) is 3.19. The Kier molecular flexibility index (Phi) is 5.68. The van der Waals surface area contributed by atoms with E-state index in [1.807, 2.05) is 54.8 Å². The number of hydrogen-bond donors (Lipinski definition) is 1. The topological polar surface area (TPSA) is 51.2 Å². The Morgan fingerprint density at radius 1 is 1.08 bits per heavy atom. The van der Waals surface area contributed by atoms with Gasteiger partial charge in [0.2, 0.25) is 0 Å². The van der Waals surface area contributed by atoms with Crippen LogP contribution in [0.5, 0.6) is 0 Å². The summed E-state index contributed by atoms with van der Waals surface area (Å²) < 4.78 is 5.36. The Morgan fingerprint density at radius 2 is 1.85 bits per heavy atom. The highest BCUT2D eigenvalue weighted by Crippen LogP contribution is 2.21. The Morgan fingerprint density at radius 3 is 2.58 bits per heavy atom. The minimum Gasteiger partial charge on any atom is -0.459 e. The lowest BCUT2D eigenvalue weighted by molar-refractivity contribution is -0.144. The molecule has 3 rings (SSSR count). The van der Waals surface area contributed by atoms with Gasteiger partial charge in [-0.1, -0.05) is 35.9 Å². The summed E-state index contributed by atoms with van der Waals surface area (Å²) >= 11 is 1.49. The predicted octanol–water partition coefficient (Wildman–Crippen LogP) is 5.10. The monoisotopic (exact) mass is 366 g/mol. The van der Waals surface area contributed by atoms with Gasteiger partial charge in [-0.2, -0.15) is 0 Å². The lowest BCUT2D eigenvalue weighted by Gasteiger charge is -2.06. The van der Waals surface area contributed by atoms with E-state index >= 15 is 0 Å². The minimum absolute atomic E-state index is 0.190. The summed E-state index contributed by atoms with van der Waals surface area (Å²) in [6.45, 7) is 6.34. The summed E-state index contributed by atoms with van der Waals surface area (Å²) in [5, 5.41) is 5.95. The first-order chi connectivity index (χ1) is 12.5. The summed E-state index contributed by atoms with van der Waals surface area (Å²) in [6.07, 6.45) is 0.278. The van der Waals surface area contributed by atoms with Crippen LogP contribution in [0.2, 0.25) is 0 Å². The van der Waals surface area contributed by atoms with Gasteiger partial charge in [-0.3, -0.25) is 4.79 Å². The highest BCUT2D eigenvalue weighted by atomic mass is 32.1. The van der Waals surface area contributed by atoms with Crippen molar-refractivity contribution in [3.63, 3.8) is 0 Å². The molecule has 0 spiro atoms. The lowest BCUT2D eigenvalue weighted by Crippen LogP contribution is -2.08. The van der Waals surface area contributed by atoms with E-state index in [0.717, 1.165) is 22.1 Å². The molecule has 26 heavy (non-hydrogen) atoms. The molecule has 4 nitrogen and oxygen atoms in total. The Bertz CT molecular complexity index is 901. The molecule has 5 heteroatoms. The van der Waals surface area contributed by atoms with E-state index in [-0.39, 0.29) is 19.0 Å². The third kappa shape index (κ3) is 4.92. The zero-order valence-electron chi connectivity index (χ0n) is 15.2. The zero-order chi connectivity index (χ0) is 18.5. The van der Waals surface area contributed by atoms with Crippen LogP contribution in [0.15, 0.2) is 47.8 Å². The number of aryl methyl sites for hydroxylation is 3. The molecule has 3 aromatic rings. The molecule has 0 amide bonds. The lowest BCUT2D eigenvalue weighted by atomic mass is 10.0. The third-order valence-corrected chi connectivity index (χ3v) is 4.96. The van der Waals surface area contributed by atoms with Gasteiger partial charge >= 0.3 is 5.97 Å². The molecule has 0 bridgehead atoms. The fraction of sp³-hybridized carbons (Fsp3) is 0.238. The number of nitrogens with one attached hydrogen (secondary N) is 1. The number of nitrogens with zero attached hydrogens (tertiary/aromatic N) is 1. The summed E-state index contributed by atoms with van der Waals surface area (Å²) in [7, 11) is 0. The SMILES string of the molecule is Cc1ccc(Nc2nc(COC(=O)Cc3ccc(C)c(C)c3)cs2)cc1. The van der Waals surface area contributed by atoms with Crippen LogP contribution in [0.4, 0.5) is 10.8 Å². The Balaban J connectivity index is 1.51. The number of aromatic nitrogens is 1. The third-order valence-electron chi connectivity index (χ3n) is 4.16. The van der Waals surface area contributed by atoms with Crippen LogP contribution in [0, 0.1) is 20.8 Å². The van der Waals surface area contributed by atoms with E-state index in [1.54, 1.807) is 0 Å². The molecule has 134 valence electrons. The molecule has 0 saturated carbocycles. The van der Waals surface area contributed by atoms with E-state index in [4.69, 9.17) is 4.74 Å². The number of thiazole rings is 1. The predicted molar refractivity (Wildman–Crippen MR) is 106 cm³/mol. The number of rotatable bonds is 6. The van der Waals surface area contributed by atoms with Gasteiger partial charge in [0.25, 0.3) is 0 Å². The van der Waals surface area contributed by atoms with Crippen molar-refractivity contribution in [3.8, 4) is 0 Å². The molecular formula is C21H22N2O2S. The van der Waals surface area contributed by atoms with E-state index in [9.17, 15) is 4.79 Å². The highest BCUT2D eigenvalue weighted by molar-refractivity contribution is 7.13. The van der Waals surface area contributed by atoms with Gasteiger partial charge in [0, 0.05) is 11.1 Å². The summed E-state index contributed by atoms with van der Waals surface area (Å²) in [4.78, 5) is 16.5. The van der Waals surface area contributed by atoms with E-state index < -0.39 is 0 Å². The number of anilines is 2. The van der Waals surface area contributed by atoms with Crippen LogP contribution in [-0.2, 0) is 22.6 Å². The average molecular weight is 366 g/mol. The molecule has 0 aliphatic carbocycles. The molecular weight excluding hydrogens is 344 g/mol. The molecule has 0 atom stereocenters. The molecule has 1 aromatic heterocycles. The standard InChI is InChI=1S/C21H22N2O2S/c1-14-4-8-18(9-5-14)22-21-23-19(13-26-21)12-25-20(24)11-17-7-6-15(2)16(3)10-17/h4-10,13H,11-12H2,1-3H3,(H,22,23). The Hall–Kier alpha value is -2.66. The number of esters is 1. The second-order valence-electron chi connectivity index (χ2n) is 6.39. The van der Waals surface area contributed by atoms with Crippen molar-refractivity contribution in [2.75, 3.05) is 5.32 Å². The molecule has 0 radical (unpaired) electrons. The number of carbonyl (C=O) groups is 1. The van der Waals surface area contributed by atoms with Gasteiger partial charge < -0.3 is 10.1 Å². The van der Waals surface area contributed by atoms with Crippen molar-refractivity contribution in [2.45, 2.75) is 33.8 Å². The van der Waals surface area contributed by atoms with Crippen molar-refractivity contribution >= 4 is 28.1 Å². The largest absolute Gasteiger partial charge is 0.459 e. The maximum absolute atomic E-state index is 12.0. The molecule has 2 aromatic carbocycles. The van der Waals surface area contributed by atoms with Gasteiger partial charge in [0.05, 0.1) is 12.1 Å². The van der Waals surface area contributed by atoms with Gasteiger partial charge in [-0.05, 0) is 49.6 Å². The smallest absolute Gasteiger partial charge is 0.310 e. The first kappa shape index (κ1) is 18.1. The number of carbonyl (C=O) groups excluding carboxylic acids is 1. The maximum Gasteiger partial charge on any atom is 0.310 e. The molecule has 0 unspecified atom stereocenters. The van der Waals surface area contributed by atoms with Crippen LogP contribution in [0.25, 0.3) is 0 Å². The van der Waals surface area contributed by atoms with Gasteiger partial charge in [0.15, 0.2) is 5.13 Å². The second-order valence-corrected chi connectivity index (χ2v) is 7.25. The first-order valence-corrected chi connectivity index (χ1v) is 9.37.